The van der Waals surface area contributed by atoms with Crippen LogP contribution in [0.2, 0.25) is 0 Å². The van der Waals surface area contributed by atoms with E-state index < -0.39 is 0 Å². The molecule has 1 aliphatic carbocycles. The van der Waals surface area contributed by atoms with Crippen LogP contribution >= 0.6 is 0 Å². The number of aromatic nitrogens is 1. The molecular weight excluding hydrogens is 162 g/mol. The van der Waals surface area contributed by atoms with Crippen molar-refractivity contribution in [2.75, 3.05) is 6.61 Å². The van der Waals surface area contributed by atoms with E-state index in [0.29, 0.717) is 6.61 Å². The van der Waals surface area contributed by atoms with Crippen LogP contribution in [0.3, 0.4) is 0 Å². The van der Waals surface area contributed by atoms with Crippen LogP contribution in [0.1, 0.15) is 23.8 Å². The quantitative estimate of drug-likeness (QED) is 0.635. The van der Waals surface area contributed by atoms with Crippen LogP contribution in [0.4, 0.5) is 0 Å². The molecule has 1 atom stereocenters. The fourth-order valence-electron chi connectivity index (χ4n) is 1.69. The molecule has 0 amide bonds. The molecule has 1 unspecified atom stereocenters. The van der Waals surface area contributed by atoms with E-state index in [4.69, 9.17) is 11.2 Å². The van der Waals surface area contributed by atoms with Crippen LogP contribution < -0.4 is 0 Å². The van der Waals surface area contributed by atoms with Crippen molar-refractivity contribution in [2.45, 2.75) is 18.9 Å². The highest BCUT2D eigenvalue weighted by molar-refractivity contribution is 5.26. The molecular formula is C11H11NO. The van der Waals surface area contributed by atoms with Gasteiger partial charge in [-0.1, -0.05) is 12.0 Å². The molecule has 2 rings (SSSR count). The molecule has 0 N–H and O–H groups in total. The Balaban J connectivity index is 2.15. The van der Waals surface area contributed by atoms with Gasteiger partial charge >= 0.3 is 0 Å². The normalized spacial score (nSPS) is 19.5. The van der Waals surface area contributed by atoms with E-state index in [0.717, 1.165) is 18.5 Å². The number of nitrogens with zero attached hydrogens (tertiary/aromatic N) is 1. The zero-order valence-electron chi connectivity index (χ0n) is 7.36. The van der Waals surface area contributed by atoms with Crippen molar-refractivity contribution in [3.63, 3.8) is 0 Å². The summed E-state index contributed by atoms with van der Waals surface area (Å²) < 4.78 is 5.48. The Morgan fingerprint density at radius 2 is 2.62 bits per heavy atom. The van der Waals surface area contributed by atoms with Crippen LogP contribution in [-0.2, 0) is 11.2 Å². The average Bonchev–Trinajstić information content (AvgIpc) is 2.58. The summed E-state index contributed by atoms with van der Waals surface area (Å²) >= 11 is 0. The summed E-state index contributed by atoms with van der Waals surface area (Å²) in [5, 5.41) is 0. The second kappa shape index (κ2) is 3.59. The summed E-state index contributed by atoms with van der Waals surface area (Å²) in [6.45, 7) is 0.376. The molecule has 0 saturated heterocycles. The molecule has 2 nitrogen and oxygen atoms in total. The summed E-state index contributed by atoms with van der Waals surface area (Å²) in [4.78, 5) is 4.30. The lowest BCUT2D eigenvalue weighted by Gasteiger charge is -2.08. The zero-order valence-corrected chi connectivity index (χ0v) is 7.36. The lowest BCUT2D eigenvalue weighted by Crippen LogP contribution is -2.02. The van der Waals surface area contributed by atoms with Gasteiger partial charge in [-0.05, 0) is 24.5 Å². The van der Waals surface area contributed by atoms with Gasteiger partial charge in [0.05, 0.1) is 5.69 Å². The van der Waals surface area contributed by atoms with Crippen molar-refractivity contribution >= 4 is 0 Å². The lowest BCUT2D eigenvalue weighted by atomic mass is 10.2. The Kier molecular flexibility index (Phi) is 2.29. The van der Waals surface area contributed by atoms with E-state index in [-0.39, 0.29) is 6.10 Å². The molecule has 13 heavy (non-hydrogen) atoms. The summed E-state index contributed by atoms with van der Waals surface area (Å²) in [5.41, 5.74) is 2.36. The Hall–Kier alpha value is -1.33. The van der Waals surface area contributed by atoms with E-state index in [1.165, 1.54) is 5.56 Å². The molecule has 0 fully saturated rings. The maximum absolute atomic E-state index is 5.48. The van der Waals surface area contributed by atoms with Crippen LogP contribution in [0.5, 0.6) is 0 Å². The third-order valence-corrected chi connectivity index (χ3v) is 2.27. The molecule has 0 spiro atoms. The van der Waals surface area contributed by atoms with E-state index >= 15 is 0 Å². The smallest absolute Gasteiger partial charge is 0.108 e. The molecule has 1 aromatic heterocycles. The fourth-order valence-corrected chi connectivity index (χ4v) is 1.69. The third-order valence-electron chi connectivity index (χ3n) is 2.27. The standard InChI is InChI=1S/C11H11NO/c1-2-8-13-10-6-5-9-4-3-7-12-11(9)10/h1,3-4,7,10H,5-6,8H2. The SMILES string of the molecule is C#CCOC1CCc2cccnc21. The number of pyridine rings is 1. The average molecular weight is 173 g/mol. The highest BCUT2D eigenvalue weighted by atomic mass is 16.5. The van der Waals surface area contributed by atoms with Gasteiger partial charge in [-0.15, -0.1) is 6.42 Å². The van der Waals surface area contributed by atoms with Gasteiger partial charge in [-0.2, -0.15) is 0 Å². The number of terminal acetylenes is 1. The van der Waals surface area contributed by atoms with Crippen LogP contribution in [0, 0.1) is 12.3 Å². The van der Waals surface area contributed by atoms with Crippen molar-refractivity contribution in [1.82, 2.24) is 4.98 Å². The van der Waals surface area contributed by atoms with E-state index in [1.807, 2.05) is 6.07 Å². The number of hydrogen-bond acceptors (Lipinski definition) is 2. The second-order valence-electron chi connectivity index (χ2n) is 3.09. The fraction of sp³-hybridized carbons (Fsp3) is 0.364. The maximum Gasteiger partial charge on any atom is 0.108 e. The molecule has 1 aromatic rings. The first-order chi connectivity index (χ1) is 6.42. The minimum Gasteiger partial charge on any atom is -0.359 e. The number of fused-ring (bicyclic) bond motifs is 1. The lowest BCUT2D eigenvalue weighted by molar-refractivity contribution is 0.0766. The van der Waals surface area contributed by atoms with Crippen molar-refractivity contribution < 1.29 is 4.74 Å². The first-order valence-electron chi connectivity index (χ1n) is 4.40. The Morgan fingerprint density at radius 3 is 3.46 bits per heavy atom. The highest BCUT2D eigenvalue weighted by Crippen LogP contribution is 2.31. The van der Waals surface area contributed by atoms with Crippen LogP contribution in [0.15, 0.2) is 18.3 Å². The molecule has 1 aliphatic rings. The first-order valence-corrected chi connectivity index (χ1v) is 4.40. The van der Waals surface area contributed by atoms with Crippen molar-refractivity contribution in [1.29, 1.82) is 0 Å². The molecule has 1 heterocycles. The second-order valence-corrected chi connectivity index (χ2v) is 3.09. The number of aryl methyl sites for hydroxylation is 1. The minimum absolute atomic E-state index is 0.118. The molecule has 0 saturated carbocycles. The van der Waals surface area contributed by atoms with Crippen LogP contribution in [0.25, 0.3) is 0 Å². The molecule has 0 radical (unpaired) electrons. The third kappa shape index (κ3) is 1.56. The number of ether oxygens (including phenoxy) is 1. The molecule has 0 aliphatic heterocycles. The number of hydrogen-bond donors (Lipinski definition) is 0. The Morgan fingerprint density at radius 1 is 1.69 bits per heavy atom. The summed E-state index contributed by atoms with van der Waals surface area (Å²) in [7, 11) is 0. The Bertz CT molecular complexity index is 340. The van der Waals surface area contributed by atoms with Crippen LogP contribution in [-0.4, -0.2) is 11.6 Å². The van der Waals surface area contributed by atoms with Gasteiger partial charge in [0, 0.05) is 6.20 Å². The number of rotatable bonds is 2. The van der Waals surface area contributed by atoms with E-state index in [9.17, 15) is 0 Å². The Labute approximate surface area is 77.9 Å². The summed E-state index contributed by atoms with van der Waals surface area (Å²) in [5.74, 6) is 2.48. The van der Waals surface area contributed by atoms with Gasteiger partial charge in [0.15, 0.2) is 0 Å². The summed E-state index contributed by atoms with van der Waals surface area (Å²) in [6, 6.07) is 4.06. The summed E-state index contributed by atoms with van der Waals surface area (Å²) in [6.07, 6.45) is 9.11. The van der Waals surface area contributed by atoms with Gasteiger partial charge < -0.3 is 4.74 Å². The van der Waals surface area contributed by atoms with E-state index in [1.54, 1.807) is 6.20 Å². The zero-order chi connectivity index (χ0) is 9.10. The minimum atomic E-state index is 0.118. The van der Waals surface area contributed by atoms with E-state index in [2.05, 4.69) is 17.0 Å². The van der Waals surface area contributed by atoms with Gasteiger partial charge in [0.25, 0.3) is 0 Å². The molecule has 66 valence electrons. The predicted molar refractivity (Wildman–Crippen MR) is 50.1 cm³/mol. The van der Waals surface area contributed by atoms with Gasteiger partial charge in [0.1, 0.15) is 12.7 Å². The van der Waals surface area contributed by atoms with Gasteiger partial charge in [-0.25, -0.2) is 0 Å². The first kappa shape index (κ1) is 8.28. The van der Waals surface area contributed by atoms with Crippen molar-refractivity contribution in [2.24, 2.45) is 0 Å². The topological polar surface area (TPSA) is 22.1 Å². The van der Waals surface area contributed by atoms with Gasteiger partial charge in [-0.3, -0.25) is 4.98 Å². The highest BCUT2D eigenvalue weighted by Gasteiger charge is 2.23. The van der Waals surface area contributed by atoms with Crippen molar-refractivity contribution in [3.05, 3.63) is 29.6 Å². The predicted octanol–water partition coefficient (Wildman–Crippen LogP) is 1.72. The molecule has 0 bridgehead atoms. The van der Waals surface area contributed by atoms with Gasteiger partial charge in [0.2, 0.25) is 0 Å². The molecule has 0 aromatic carbocycles. The molecule has 2 heteroatoms. The monoisotopic (exact) mass is 173 g/mol. The maximum atomic E-state index is 5.48. The van der Waals surface area contributed by atoms with Crippen molar-refractivity contribution in [3.8, 4) is 12.3 Å². The largest absolute Gasteiger partial charge is 0.359 e.